The van der Waals surface area contributed by atoms with Crippen molar-refractivity contribution < 1.29 is 4.79 Å². The Kier molecular flexibility index (Phi) is 5.86. The zero-order valence-corrected chi connectivity index (χ0v) is 17.4. The SMILES string of the molecule is C/C(=N\Nc1nnc(SCC(=O)Nc2nc3ccccc3s2)n1N)c1ccccn1. The van der Waals surface area contributed by atoms with E-state index in [0.717, 1.165) is 27.7 Å². The summed E-state index contributed by atoms with van der Waals surface area (Å²) in [4.78, 5) is 20.8. The normalized spacial score (nSPS) is 11.6. The number of nitrogen functional groups attached to an aromatic ring is 1. The highest BCUT2D eigenvalue weighted by Crippen LogP contribution is 2.25. The van der Waals surface area contributed by atoms with Crippen LogP contribution in [0.15, 0.2) is 58.9 Å². The van der Waals surface area contributed by atoms with Crippen molar-refractivity contribution in [3.63, 3.8) is 0 Å². The van der Waals surface area contributed by atoms with Gasteiger partial charge in [-0.15, -0.1) is 10.2 Å². The van der Waals surface area contributed by atoms with Crippen LogP contribution in [0.5, 0.6) is 0 Å². The van der Waals surface area contributed by atoms with Gasteiger partial charge in [-0.1, -0.05) is 41.3 Å². The second-order valence-electron chi connectivity index (χ2n) is 6.02. The number of thioether (sulfide) groups is 1. The molecule has 10 nitrogen and oxygen atoms in total. The standard InChI is InChI=1S/C18H17N9OS2/c1-11(12-6-4-5-9-20-12)23-24-16-25-26-18(27(16)19)29-10-15(28)22-17-21-13-7-2-3-8-14(13)30-17/h2-9H,10,19H2,1H3,(H,24,25)(H,21,22,28)/b23-11+. The number of nitrogens with two attached hydrogens (primary N) is 1. The molecule has 0 saturated carbocycles. The zero-order chi connectivity index (χ0) is 20.9. The predicted octanol–water partition coefficient (Wildman–Crippen LogP) is 2.56. The first-order valence-electron chi connectivity index (χ1n) is 8.80. The second kappa shape index (κ2) is 8.88. The van der Waals surface area contributed by atoms with E-state index >= 15 is 0 Å². The monoisotopic (exact) mass is 439 g/mol. The Bertz CT molecular complexity index is 1170. The Morgan fingerprint density at radius 3 is 2.87 bits per heavy atom. The Balaban J connectivity index is 1.34. The molecular weight excluding hydrogens is 422 g/mol. The molecule has 4 aromatic rings. The number of anilines is 2. The third kappa shape index (κ3) is 4.55. The predicted molar refractivity (Wildman–Crippen MR) is 119 cm³/mol. The molecule has 0 fully saturated rings. The maximum Gasteiger partial charge on any atom is 0.264 e. The number of nitrogens with zero attached hydrogens (tertiary/aromatic N) is 6. The molecule has 30 heavy (non-hydrogen) atoms. The van der Waals surface area contributed by atoms with Gasteiger partial charge in [-0.3, -0.25) is 9.78 Å². The Morgan fingerprint density at radius 2 is 2.07 bits per heavy atom. The van der Waals surface area contributed by atoms with Gasteiger partial charge in [-0.25, -0.2) is 15.1 Å². The maximum atomic E-state index is 12.2. The number of carbonyl (C=O) groups excluding carboxylic acids is 1. The molecule has 3 aromatic heterocycles. The molecule has 0 atom stereocenters. The van der Waals surface area contributed by atoms with Crippen LogP contribution in [0.2, 0.25) is 0 Å². The number of hydrogen-bond donors (Lipinski definition) is 3. The largest absolute Gasteiger partial charge is 0.334 e. The summed E-state index contributed by atoms with van der Waals surface area (Å²) in [5, 5.41) is 15.9. The molecule has 0 aliphatic rings. The van der Waals surface area contributed by atoms with E-state index in [1.807, 2.05) is 49.4 Å². The van der Waals surface area contributed by atoms with Crippen LogP contribution in [-0.4, -0.2) is 42.2 Å². The van der Waals surface area contributed by atoms with Crippen LogP contribution in [0.4, 0.5) is 11.1 Å². The minimum Gasteiger partial charge on any atom is -0.334 e. The average Bonchev–Trinajstić information content (AvgIpc) is 3.33. The molecule has 0 radical (unpaired) electrons. The van der Waals surface area contributed by atoms with Crippen LogP contribution in [0, 0.1) is 0 Å². The van der Waals surface area contributed by atoms with Crippen LogP contribution in [0.3, 0.4) is 0 Å². The van der Waals surface area contributed by atoms with E-state index in [-0.39, 0.29) is 17.6 Å². The molecule has 12 heteroatoms. The second-order valence-corrected chi connectivity index (χ2v) is 8.00. The van der Waals surface area contributed by atoms with E-state index in [1.54, 1.807) is 6.20 Å². The lowest BCUT2D eigenvalue weighted by molar-refractivity contribution is -0.113. The van der Waals surface area contributed by atoms with E-state index < -0.39 is 0 Å². The van der Waals surface area contributed by atoms with Crippen molar-refractivity contribution in [2.24, 2.45) is 5.10 Å². The summed E-state index contributed by atoms with van der Waals surface area (Å²) in [5.74, 6) is 6.15. The number of pyridine rings is 1. The van der Waals surface area contributed by atoms with Gasteiger partial charge < -0.3 is 11.2 Å². The first kappa shape index (κ1) is 19.8. The molecule has 0 spiro atoms. The first-order valence-corrected chi connectivity index (χ1v) is 10.6. The van der Waals surface area contributed by atoms with E-state index in [2.05, 4.69) is 36.0 Å². The topological polar surface area (TPSA) is 136 Å². The van der Waals surface area contributed by atoms with Gasteiger partial charge in [0.05, 0.1) is 27.4 Å². The molecule has 0 aliphatic carbocycles. The number of rotatable bonds is 7. The minimum atomic E-state index is -0.208. The Morgan fingerprint density at radius 1 is 1.23 bits per heavy atom. The van der Waals surface area contributed by atoms with Crippen molar-refractivity contribution in [1.29, 1.82) is 0 Å². The van der Waals surface area contributed by atoms with Crippen molar-refractivity contribution >= 4 is 56.0 Å². The number of carbonyl (C=O) groups is 1. The quantitative estimate of drug-likeness (QED) is 0.173. The Labute approximate surface area is 179 Å². The summed E-state index contributed by atoms with van der Waals surface area (Å²) in [6.45, 7) is 1.81. The summed E-state index contributed by atoms with van der Waals surface area (Å²) < 4.78 is 2.25. The first-order chi connectivity index (χ1) is 14.6. The lowest BCUT2D eigenvalue weighted by atomic mass is 10.3. The van der Waals surface area contributed by atoms with Gasteiger partial charge in [0.1, 0.15) is 0 Å². The number of hydrazone groups is 1. The number of fused-ring (bicyclic) bond motifs is 1. The fourth-order valence-electron chi connectivity index (χ4n) is 2.43. The van der Waals surface area contributed by atoms with Gasteiger partial charge in [0.2, 0.25) is 11.1 Å². The van der Waals surface area contributed by atoms with E-state index in [9.17, 15) is 4.79 Å². The highest BCUT2D eigenvalue weighted by molar-refractivity contribution is 7.99. The summed E-state index contributed by atoms with van der Waals surface area (Å²) in [5.41, 5.74) is 5.02. The summed E-state index contributed by atoms with van der Waals surface area (Å²) >= 11 is 2.58. The molecular formula is C18H17N9OS2. The number of para-hydroxylation sites is 1. The lowest BCUT2D eigenvalue weighted by Gasteiger charge is -2.04. The maximum absolute atomic E-state index is 12.2. The van der Waals surface area contributed by atoms with E-state index in [1.165, 1.54) is 16.0 Å². The summed E-state index contributed by atoms with van der Waals surface area (Å²) in [6, 6.07) is 13.3. The van der Waals surface area contributed by atoms with Gasteiger partial charge >= 0.3 is 0 Å². The summed E-state index contributed by atoms with van der Waals surface area (Å²) in [7, 11) is 0. The zero-order valence-electron chi connectivity index (χ0n) is 15.8. The smallest absolute Gasteiger partial charge is 0.264 e. The van der Waals surface area contributed by atoms with Gasteiger partial charge in [-0.2, -0.15) is 5.10 Å². The lowest BCUT2D eigenvalue weighted by Crippen LogP contribution is -2.17. The molecule has 0 unspecified atom stereocenters. The molecule has 1 amide bonds. The number of nitrogens with one attached hydrogen (secondary N) is 2. The molecule has 4 rings (SSSR count). The highest BCUT2D eigenvalue weighted by atomic mass is 32.2. The van der Waals surface area contributed by atoms with Crippen molar-refractivity contribution in [3.05, 3.63) is 54.4 Å². The molecule has 4 N–H and O–H groups in total. The molecule has 0 aliphatic heterocycles. The van der Waals surface area contributed by atoms with Gasteiger partial charge in [0.15, 0.2) is 5.13 Å². The minimum absolute atomic E-state index is 0.113. The van der Waals surface area contributed by atoms with Gasteiger partial charge in [0.25, 0.3) is 5.95 Å². The molecule has 152 valence electrons. The van der Waals surface area contributed by atoms with Crippen LogP contribution in [0.1, 0.15) is 12.6 Å². The van der Waals surface area contributed by atoms with Crippen molar-refractivity contribution in [2.45, 2.75) is 12.1 Å². The van der Waals surface area contributed by atoms with E-state index in [4.69, 9.17) is 5.84 Å². The number of hydrogen-bond acceptors (Lipinski definition) is 10. The van der Waals surface area contributed by atoms with Crippen LogP contribution < -0.4 is 16.6 Å². The molecule has 0 saturated heterocycles. The molecule has 3 heterocycles. The fourth-order valence-corrected chi connectivity index (χ4v) is 3.97. The van der Waals surface area contributed by atoms with Gasteiger partial charge in [0, 0.05) is 6.20 Å². The highest BCUT2D eigenvalue weighted by Gasteiger charge is 2.13. The van der Waals surface area contributed by atoms with Crippen molar-refractivity contribution in [2.75, 3.05) is 22.3 Å². The van der Waals surface area contributed by atoms with Gasteiger partial charge in [-0.05, 0) is 31.2 Å². The third-order valence-corrected chi connectivity index (χ3v) is 5.79. The number of thiazole rings is 1. The molecule has 1 aromatic carbocycles. The van der Waals surface area contributed by atoms with Crippen LogP contribution in [0.25, 0.3) is 10.2 Å². The third-order valence-electron chi connectivity index (χ3n) is 3.90. The van der Waals surface area contributed by atoms with Crippen LogP contribution in [-0.2, 0) is 4.79 Å². The van der Waals surface area contributed by atoms with Crippen molar-refractivity contribution in [3.8, 4) is 0 Å². The summed E-state index contributed by atoms with van der Waals surface area (Å²) in [6.07, 6.45) is 1.69. The number of amides is 1. The van der Waals surface area contributed by atoms with Crippen molar-refractivity contribution in [1.82, 2.24) is 24.8 Å². The van der Waals surface area contributed by atoms with E-state index in [0.29, 0.717) is 16.0 Å². The molecule has 0 bridgehead atoms. The number of benzene rings is 1. The fraction of sp³-hybridized carbons (Fsp3) is 0.111. The average molecular weight is 440 g/mol. The Hall–Kier alpha value is -3.51. The number of aromatic nitrogens is 5. The van der Waals surface area contributed by atoms with Crippen LogP contribution >= 0.6 is 23.1 Å².